The van der Waals surface area contributed by atoms with E-state index in [0.717, 1.165) is 49.4 Å². The average molecular weight is 1040 g/mol. The molecule has 390 valence electrons. The van der Waals surface area contributed by atoms with Gasteiger partial charge in [-0.2, -0.15) is 0 Å². The van der Waals surface area contributed by atoms with Gasteiger partial charge in [0.2, 0.25) is 5.91 Å². The summed E-state index contributed by atoms with van der Waals surface area (Å²) >= 11 is 6.69. The van der Waals surface area contributed by atoms with E-state index in [-0.39, 0.29) is 47.5 Å². The predicted molar refractivity (Wildman–Crippen MR) is 278 cm³/mol. The molecule has 5 aromatic rings. The summed E-state index contributed by atoms with van der Waals surface area (Å²) in [6.45, 7) is 6.10. The molecule has 75 heavy (non-hydrogen) atoms. The van der Waals surface area contributed by atoms with Crippen molar-refractivity contribution in [3.05, 3.63) is 113 Å². The van der Waals surface area contributed by atoms with Crippen molar-refractivity contribution in [1.82, 2.24) is 24.8 Å². The van der Waals surface area contributed by atoms with Gasteiger partial charge in [0, 0.05) is 72.3 Å². The molecule has 3 saturated carbocycles. The van der Waals surface area contributed by atoms with Gasteiger partial charge in [-0.25, -0.2) is 4.68 Å². The number of methoxy groups -OCH3 is 2. The minimum atomic E-state index is -0.479. The van der Waals surface area contributed by atoms with Crippen LogP contribution in [0.5, 0.6) is 23.0 Å². The molecule has 0 saturated heterocycles. The highest BCUT2D eigenvalue weighted by Gasteiger charge is 2.72. The number of aromatic nitrogens is 3. The second-order valence-corrected chi connectivity index (χ2v) is 20.4. The van der Waals surface area contributed by atoms with Crippen LogP contribution in [0.4, 0.5) is 11.4 Å². The van der Waals surface area contributed by atoms with Crippen LogP contribution in [0.1, 0.15) is 64.3 Å². The number of fused-ring (bicyclic) bond motifs is 5. The Morgan fingerprint density at radius 3 is 2.28 bits per heavy atom. The number of aliphatic imine (C=N–C) groups is 1. The fourth-order valence-corrected chi connectivity index (χ4v) is 11.8. The van der Waals surface area contributed by atoms with Crippen molar-refractivity contribution in [1.29, 1.82) is 0 Å². The monoisotopic (exact) mass is 1040 g/mol. The molecule has 0 N–H and O–H groups in total. The molecule has 19 heteroatoms. The fraction of sp³-hybridized carbons (Fsp3) is 0.411. The van der Waals surface area contributed by atoms with E-state index in [1.165, 1.54) is 12.2 Å². The van der Waals surface area contributed by atoms with Crippen LogP contribution < -0.4 is 23.8 Å². The average Bonchev–Trinajstić information content (AvgIpc) is 4.20. The highest BCUT2D eigenvalue weighted by molar-refractivity contribution is 6.19. The molecule has 1 unspecified atom stereocenters. The zero-order valence-corrected chi connectivity index (χ0v) is 42.9. The lowest BCUT2D eigenvalue weighted by molar-refractivity contribution is -0.215. The summed E-state index contributed by atoms with van der Waals surface area (Å²) in [5.41, 5.74) is 5.96. The first-order valence-corrected chi connectivity index (χ1v) is 25.8. The number of ether oxygens (including phenoxy) is 7. The zero-order chi connectivity index (χ0) is 51.8. The molecule has 7 aliphatic rings. The molecule has 2 atom stereocenters. The van der Waals surface area contributed by atoms with Crippen molar-refractivity contribution in [3.63, 3.8) is 0 Å². The van der Waals surface area contributed by atoms with Crippen LogP contribution >= 0.6 is 11.6 Å². The van der Waals surface area contributed by atoms with Crippen LogP contribution in [0.15, 0.2) is 90.2 Å². The summed E-state index contributed by atoms with van der Waals surface area (Å²) in [5, 5.41) is 10.1. The summed E-state index contributed by atoms with van der Waals surface area (Å²) in [6, 6.07) is 19.3. The van der Waals surface area contributed by atoms with Crippen molar-refractivity contribution in [2.45, 2.75) is 57.7 Å². The van der Waals surface area contributed by atoms with Gasteiger partial charge in [-0.3, -0.25) is 29.1 Å². The molecule has 12 rings (SSSR count). The molecule has 1 aromatic heterocycles. The molecule has 3 aliphatic carbocycles. The largest absolute Gasteiger partial charge is 0.497 e. The third-order valence-electron chi connectivity index (χ3n) is 15.2. The number of nitrogens with zero attached hydrogens (tertiary/aromatic N) is 7. The Morgan fingerprint density at radius 2 is 1.56 bits per heavy atom. The Balaban J connectivity index is 0.656. The number of amides is 4. The Labute approximate surface area is 438 Å². The lowest BCUT2D eigenvalue weighted by Gasteiger charge is -2.69. The highest BCUT2D eigenvalue weighted by atomic mass is 35.5. The Morgan fingerprint density at radius 1 is 0.827 bits per heavy atom. The van der Waals surface area contributed by atoms with E-state index in [0.29, 0.717) is 132 Å². The van der Waals surface area contributed by atoms with Gasteiger partial charge in [0.25, 0.3) is 17.7 Å². The molecule has 4 amide bonds. The molecule has 2 bridgehead atoms. The Bertz CT molecular complexity index is 3120. The molecular formula is C56H58ClN7O11. The van der Waals surface area contributed by atoms with Gasteiger partial charge in [0.15, 0.2) is 11.5 Å². The van der Waals surface area contributed by atoms with E-state index in [1.807, 2.05) is 53.7 Å². The zero-order valence-electron chi connectivity index (χ0n) is 42.1. The first-order chi connectivity index (χ1) is 36.5. The molecule has 18 nitrogen and oxygen atoms in total. The number of alkyl halides is 1. The van der Waals surface area contributed by atoms with Gasteiger partial charge in [0.05, 0.1) is 108 Å². The standard InChI is InChI=1S/C56H58ClN7O11/c1-35-5-4-6-42-46(74-20-19-73-18-17-72-16-15-71-14-13-61-29-39(59-60-61)30-64-49(65)11-12-50(64)66)24-45-52(51(35)42)38(25-57)28-63(45)54(68)56-31-55(32-56,33-56)34-75-48-23-44-43(22-47(48)70-3)53(67)62-27-37(21-40(62)26-58-44)36-7-9-41(69-2)10-8-36/h4-12,22-24,26-27,29,38,40H,13-21,25,28,30-34H2,1-3H3/t38?,40-,55?,56?/m0/s1. The maximum atomic E-state index is 14.7. The quantitative estimate of drug-likeness (QED) is 0.0364. The second kappa shape index (κ2) is 20.9. The van der Waals surface area contributed by atoms with E-state index in [2.05, 4.69) is 29.4 Å². The molecule has 5 heterocycles. The summed E-state index contributed by atoms with van der Waals surface area (Å²) in [7, 11) is 3.21. The minimum absolute atomic E-state index is 0.0348. The van der Waals surface area contributed by atoms with Crippen molar-refractivity contribution in [2.75, 3.05) is 84.4 Å². The van der Waals surface area contributed by atoms with E-state index in [9.17, 15) is 19.2 Å². The van der Waals surface area contributed by atoms with Gasteiger partial charge in [-0.15, -0.1) is 16.7 Å². The molecule has 0 spiro atoms. The van der Waals surface area contributed by atoms with Gasteiger partial charge in [-0.05, 0) is 72.0 Å². The van der Waals surface area contributed by atoms with Gasteiger partial charge >= 0.3 is 0 Å². The molecule has 3 fully saturated rings. The van der Waals surface area contributed by atoms with Crippen LogP contribution in [-0.2, 0) is 41.7 Å². The van der Waals surface area contributed by atoms with E-state index < -0.39 is 5.41 Å². The lowest BCUT2D eigenvalue weighted by atomic mass is 9.35. The molecular weight excluding hydrogens is 982 g/mol. The Kier molecular flexibility index (Phi) is 13.9. The third kappa shape index (κ3) is 9.64. The number of rotatable bonds is 23. The topological polar surface area (TPSA) is 186 Å². The number of carbonyl (C=O) groups is 4. The third-order valence-corrected chi connectivity index (χ3v) is 15.6. The molecule has 4 aliphatic heterocycles. The van der Waals surface area contributed by atoms with Gasteiger partial charge < -0.3 is 43.0 Å². The summed E-state index contributed by atoms with van der Waals surface area (Å²) in [5.74, 6) is 2.00. The van der Waals surface area contributed by atoms with Crippen LogP contribution in [0.25, 0.3) is 16.3 Å². The number of hydrogen-bond acceptors (Lipinski definition) is 14. The first-order valence-electron chi connectivity index (χ1n) is 25.3. The number of carbonyl (C=O) groups excluding carboxylic acids is 4. The predicted octanol–water partition coefficient (Wildman–Crippen LogP) is 7.20. The maximum Gasteiger partial charge on any atom is 0.260 e. The summed E-state index contributed by atoms with van der Waals surface area (Å²) in [4.78, 5) is 61.9. The normalized spacial score (nSPS) is 21.9. The maximum absolute atomic E-state index is 14.7. The van der Waals surface area contributed by atoms with Gasteiger partial charge in [0.1, 0.15) is 23.8 Å². The number of aryl methyl sites for hydroxylation is 1. The second-order valence-electron chi connectivity index (χ2n) is 20.1. The summed E-state index contributed by atoms with van der Waals surface area (Å²) in [6.07, 6.45) is 10.7. The van der Waals surface area contributed by atoms with Crippen molar-refractivity contribution in [3.8, 4) is 23.0 Å². The van der Waals surface area contributed by atoms with Crippen LogP contribution in [0, 0.1) is 17.8 Å². The first kappa shape index (κ1) is 50.1. The highest BCUT2D eigenvalue weighted by Crippen LogP contribution is 2.74. The van der Waals surface area contributed by atoms with Crippen LogP contribution in [0.3, 0.4) is 0 Å². The Hall–Kier alpha value is -7.12. The fourth-order valence-electron chi connectivity index (χ4n) is 11.6. The lowest BCUT2D eigenvalue weighted by Crippen LogP contribution is -2.70. The minimum Gasteiger partial charge on any atom is -0.497 e. The number of imide groups is 1. The molecule has 0 radical (unpaired) electrons. The number of benzene rings is 4. The van der Waals surface area contributed by atoms with Gasteiger partial charge in [-0.1, -0.05) is 35.5 Å². The van der Waals surface area contributed by atoms with E-state index in [1.54, 1.807) is 42.1 Å². The molecule has 4 aromatic carbocycles. The number of hydrogen-bond donors (Lipinski definition) is 0. The van der Waals surface area contributed by atoms with Crippen LogP contribution in [-0.4, -0.2) is 140 Å². The van der Waals surface area contributed by atoms with Crippen molar-refractivity contribution >= 4 is 69.2 Å². The number of halogens is 1. The van der Waals surface area contributed by atoms with Crippen molar-refractivity contribution in [2.24, 2.45) is 15.8 Å². The van der Waals surface area contributed by atoms with E-state index >= 15 is 0 Å². The smallest absolute Gasteiger partial charge is 0.260 e. The van der Waals surface area contributed by atoms with E-state index in [4.69, 9.17) is 49.8 Å². The summed E-state index contributed by atoms with van der Waals surface area (Å²) < 4.78 is 42.8. The van der Waals surface area contributed by atoms with Crippen LogP contribution in [0.2, 0.25) is 0 Å². The number of anilines is 1. The van der Waals surface area contributed by atoms with Crippen molar-refractivity contribution < 1.29 is 52.3 Å². The SMILES string of the molecule is COc1ccc(C2=CN3C(=O)c4cc(OC)c(OCC56CC(C(=O)N7CC(CCl)c8c7cc(OCCOCCOCCOCCn7cc(CN9C(=O)C=CC9=O)nn7)c7cccc(C)c87)(C5)C6)cc4N=C[C@@H]3C2)cc1.